The number of fused-ring (bicyclic) bond motifs is 2. The number of amides is 1. The Bertz CT molecular complexity index is 1110. The van der Waals surface area contributed by atoms with Crippen LogP contribution in [0.5, 0.6) is 0 Å². The van der Waals surface area contributed by atoms with E-state index in [4.69, 9.17) is 0 Å². The maximum absolute atomic E-state index is 13.9. The number of rotatable bonds is 2. The topological polar surface area (TPSA) is 50.2 Å². The average Bonchev–Trinajstić information content (AvgIpc) is 3.21. The Kier molecular flexibility index (Phi) is 4.72. The van der Waals surface area contributed by atoms with Crippen molar-refractivity contribution in [1.82, 2.24) is 9.78 Å². The summed E-state index contributed by atoms with van der Waals surface area (Å²) in [7, 11) is 0. The normalized spacial score (nSPS) is 20.5. The number of alkyl halides is 3. The van der Waals surface area contributed by atoms with Gasteiger partial charge in [-0.25, -0.2) is 4.68 Å². The highest BCUT2D eigenvalue weighted by Gasteiger charge is 2.47. The van der Waals surface area contributed by atoms with Crippen LogP contribution < -0.4 is 10.2 Å². The summed E-state index contributed by atoms with van der Waals surface area (Å²) in [6.45, 7) is 0.515. The van der Waals surface area contributed by atoms with Crippen molar-refractivity contribution in [3.05, 3.63) is 77.5 Å². The molecule has 0 aliphatic carbocycles. The van der Waals surface area contributed by atoms with Gasteiger partial charge in [0, 0.05) is 24.7 Å². The van der Waals surface area contributed by atoms with Gasteiger partial charge in [-0.05, 0) is 30.0 Å². The molecule has 2 aromatic carbocycles. The SMILES string of the molecule is O=C(c1cc2n(n1)C(C(F)(F)F)CC(c1ccccc1)N2)N1CCCc2ccccc21. The van der Waals surface area contributed by atoms with Gasteiger partial charge in [-0.3, -0.25) is 4.79 Å². The largest absolute Gasteiger partial charge is 0.410 e. The van der Waals surface area contributed by atoms with Crippen LogP contribution in [0.3, 0.4) is 0 Å². The van der Waals surface area contributed by atoms with Gasteiger partial charge < -0.3 is 10.2 Å². The fourth-order valence-electron chi connectivity index (χ4n) is 4.46. The highest BCUT2D eigenvalue weighted by Crippen LogP contribution is 2.43. The van der Waals surface area contributed by atoms with Crippen LogP contribution in [-0.2, 0) is 6.42 Å². The Morgan fingerprint density at radius 1 is 1.06 bits per heavy atom. The Morgan fingerprint density at radius 3 is 2.58 bits per heavy atom. The van der Waals surface area contributed by atoms with E-state index in [1.165, 1.54) is 6.07 Å². The molecule has 0 saturated carbocycles. The third-order valence-corrected chi connectivity index (χ3v) is 5.97. The molecule has 2 atom stereocenters. The van der Waals surface area contributed by atoms with Gasteiger partial charge in [0.05, 0.1) is 6.04 Å². The van der Waals surface area contributed by atoms with Crippen molar-refractivity contribution in [2.24, 2.45) is 0 Å². The van der Waals surface area contributed by atoms with Crippen molar-refractivity contribution in [1.29, 1.82) is 0 Å². The molecule has 0 bridgehead atoms. The fraction of sp³-hybridized carbons (Fsp3) is 0.304. The first-order valence-corrected chi connectivity index (χ1v) is 10.3. The lowest BCUT2D eigenvalue weighted by molar-refractivity contribution is -0.173. The lowest BCUT2D eigenvalue weighted by Crippen LogP contribution is -2.37. The molecule has 5 rings (SSSR count). The van der Waals surface area contributed by atoms with E-state index in [0.29, 0.717) is 6.54 Å². The van der Waals surface area contributed by atoms with Crippen LogP contribution in [0.25, 0.3) is 0 Å². The number of carbonyl (C=O) groups excluding carboxylic acids is 1. The van der Waals surface area contributed by atoms with Crippen LogP contribution >= 0.6 is 0 Å². The maximum atomic E-state index is 13.9. The number of nitrogens with one attached hydrogen (secondary N) is 1. The standard InChI is InChI=1S/C23H21F3N4O/c24-23(25,26)20-13-17(15-7-2-1-3-8-15)27-21-14-18(28-30(20)21)22(31)29-12-6-10-16-9-4-5-11-19(16)29/h1-5,7-9,11,14,17,20,27H,6,10,12-13H2. The third-order valence-electron chi connectivity index (χ3n) is 5.97. The first-order valence-electron chi connectivity index (χ1n) is 10.3. The van der Waals surface area contributed by atoms with E-state index in [-0.39, 0.29) is 23.8 Å². The van der Waals surface area contributed by atoms with Crippen LogP contribution in [0, 0.1) is 0 Å². The molecule has 31 heavy (non-hydrogen) atoms. The van der Waals surface area contributed by atoms with Crippen LogP contribution in [0.4, 0.5) is 24.7 Å². The van der Waals surface area contributed by atoms with Crippen molar-refractivity contribution < 1.29 is 18.0 Å². The fourth-order valence-corrected chi connectivity index (χ4v) is 4.46. The lowest BCUT2D eigenvalue weighted by Gasteiger charge is -2.33. The zero-order chi connectivity index (χ0) is 21.6. The number of anilines is 2. The maximum Gasteiger partial charge on any atom is 0.410 e. The summed E-state index contributed by atoms with van der Waals surface area (Å²) in [6.07, 6.45) is -3.00. The Hall–Kier alpha value is -3.29. The second-order valence-electron chi connectivity index (χ2n) is 7.95. The molecule has 2 aliphatic heterocycles. The van der Waals surface area contributed by atoms with Gasteiger partial charge in [0.2, 0.25) is 0 Å². The van der Waals surface area contributed by atoms with E-state index in [2.05, 4.69) is 10.4 Å². The van der Waals surface area contributed by atoms with Gasteiger partial charge in [0.15, 0.2) is 11.7 Å². The molecule has 2 aliphatic rings. The molecular weight excluding hydrogens is 405 g/mol. The summed E-state index contributed by atoms with van der Waals surface area (Å²) in [5, 5.41) is 7.26. The minimum absolute atomic E-state index is 0.0159. The summed E-state index contributed by atoms with van der Waals surface area (Å²) in [5.74, 6) is -0.177. The van der Waals surface area contributed by atoms with Gasteiger partial charge in [0.25, 0.3) is 5.91 Å². The number of para-hydroxylation sites is 1. The molecular formula is C23H21F3N4O. The lowest BCUT2D eigenvalue weighted by atomic mass is 9.97. The molecule has 2 unspecified atom stereocenters. The summed E-state index contributed by atoms with van der Waals surface area (Å²) in [4.78, 5) is 14.8. The van der Waals surface area contributed by atoms with Crippen LogP contribution in [0.15, 0.2) is 60.7 Å². The van der Waals surface area contributed by atoms with E-state index in [9.17, 15) is 18.0 Å². The molecule has 8 heteroatoms. The van der Waals surface area contributed by atoms with Gasteiger partial charge >= 0.3 is 6.18 Å². The number of benzene rings is 2. The van der Waals surface area contributed by atoms with Crippen molar-refractivity contribution in [3.63, 3.8) is 0 Å². The molecule has 1 N–H and O–H groups in total. The summed E-state index contributed by atoms with van der Waals surface area (Å²) in [6, 6.07) is 15.8. The molecule has 3 heterocycles. The van der Waals surface area contributed by atoms with E-state index in [0.717, 1.165) is 34.3 Å². The van der Waals surface area contributed by atoms with Gasteiger partial charge in [-0.15, -0.1) is 0 Å². The number of hydrogen-bond acceptors (Lipinski definition) is 3. The molecule has 0 fully saturated rings. The summed E-state index contributed by atoms with van der Waals surface area (Å²) in [5.41, 5.74) is 2.64. The number of aromatic nitrogens is 2. The quantitative estimate of drug-likeness (QED) is 0.618. The first-order chi connectivity index (χ1) is 14.9. The molecule has 160 valence electrons. The van der Waals surface area contributed by atoms with E-state index < -0.39 is 18.3 Å². The van der Waals surface area contributed by atoms with Crippen molar-refractivity contribution in [2.75, 3.05) is 16.8 Å². The van der Waals surface area contributed by atoms with Crippen molar-refractivity contribution >= 4 is 17.4 Å². The smallest absolute Gasteiger partial charge is 0.363 e. The number of hydrogen-bond donors (Lipinski definition) is 1. The molecule has 0 spiro atoms. The monoisotopic (exact) mass is 426 g/mol. The molecule has 1 aromatic heterocycles. The number of aryl methyl sites for hydroxylation is 1. The van der Waals surface area contributed by atoms with Crippen LogP contribution in [-0.4, -0.2) is 28.4 Å². The summed E-state index contributed by atoms with van der Waals surface area (Å²) < 4.78 is 42.6. The number of carbonyl (C=O) groups is 1. The second kappa shape index (κ2) is 7.44. The van der Waals surface area contributed by atoms with E-state index in [1.54, 1.807) is 29.2 Å². The second-order valence-corrected chi connectivity index (χ2v) is 7.95. The Morgan fingerprint density at radius 2 is 1.81 bits per heavy atom. The predicted molar refractivity (Wildman–Crippen MR) is 111 cm³/mol. The van der Waals surface area contributed by atoms with E-state index >= 15 is 0 Å². The number of nitrogens with zero attached hydrogens (tertiary/aromatic N) is 3. The first kappa shape index (κ1) is 19.7. The Labute approximate surface area is 177 Å². The zero-order valence-corrected chi connectivity index (χ0v) is 16.6. The van der Waals surface area contributed by atoms with Gasteiger partial charge in [-0.1, -0.05) is 48.5 Å². The van der Waals surface area contributed by atoms with Crippen molar-refractivity contribution in [3.8, 4) is 0 Å². The zero-order valence-electron chi connectivity index (χ0n) is 16.6. The molecule has 3 aromatic rings. The molecule has 0 saturated heterocycles. The van der Waals surface area contributed by atoms with Gasteiger partial charge in [0.1, 0.15) is 5.82 Å². The molecule has 5 nitrogen and oxygen atoms in total. The average molecular weight is 426 g/mol. The molecule has 1 amide bonds. The van der Waals surface area contributed by atoms with Crippen LogP contribution in [0.2, 0.25) is 0 Å². The highest BCUT2D eigenvalue weighted by molar-refractivity contribution is 6.06. The predicted octanol–water partition coefficient (Wildman–Crippen LogP) is 5.14. The third kappa shape index (κ3) is 3.56. The number of halogens is 3. The van der Waals surface area contributed by atoms with E-state index in [1.807, 2.05) is 30.3 Å². The molecule has 0 radical (unpaired) electrons. The highest BCUT2D eigenvalue weighted by atomic mass is 19.4. The minimum atomic E-state index is -4.48. The Balaban J connectivity index is 1.50. The van der Waals surface area contributed by atoms with Crippen molar-refractivity contribution in [2.45, 2.75) is 37.5 Å². The van der Waals surface area contributed by atoms with Crippen LogP contribution in [0.1, 0.15) is 46.5 Å². The van der Waals surface area contributed by atoms with Gasteiger partial charge in [-0.2, -0.15) is 18.3 Å². The summed E-state index contributed by atoms with van der Waals surface area (Å²) >= 11 is 0. The minimum Gasteiger partial charge on any atom is -0.363 e.